The SMILES string of the molecule is CCCn1ncnc1CC(CC)(CO)CO. The Morgan fingerprint density at radius 2 is 2.00 bits per heavy atom. The Morgan fingerprint density at radius 1 is 1.31 bits per heavy atom. The van der Waals surface area contributed by atoms with Gasteiger partial charge in [0.2, 0.25) is 0 Å². The first-order valence-corrected chi connectivity index (χ1v) is 5.79. The van der Waals surface area contributed by atoms with Gasteiger partial charge < -0.3 is 10.2 Å². The van der Waals surface area contributed by atoms with Crippen LogP contribution < -0.4 is 0 Å². The zero-order chi connectivity index (χ0) is 12.0. The van der Waals surface area contributed by atoms with Crippen LogP contribution in [0, 0.1) is 5.41 Å². The maximum Gasteiger partial charge on any atom is 0.138 e. The maximum absolute atomic E-state index is 9.38. The van der Waals surface area contributed by atoms with Gasteiger partial charge in [-0.2, -0.15) is 5.10 Å². The molecular formula is C11H21N3O2. The van der Waals surface area contributed by atoms with Crippen molar-refractivity contribution >= 4 is 0 Å². The number of rotatable bonds is 7. The summed E-state index contributed by atoms with van der Waals surface area (Å²) in [5, 5.41) is 22.9. The van der Waals surface area contributed by atoms with E-state index in [0.29, 0.717) is 6.42 Å². The first kappa shape index (κ1) is 13.1. The number of aliphatic hydroxyl groups is 2. The molecule has 1 heterocycles. The van der Waals surface area contributed by atoms with Gasteiger partial charge in [0.1, 0.15) is 12.2 Å². The highest BCUT2D eigenvalue weighted by atomic mass is 16.3. The summed E-state index contributed by atoms with van der Waals surface area (Å²) in [5.41, 5.74) is -0.474. The van der Waals surface area contributed by atoms with Crippen LogP contribution in [0.15, 0.2) is 6.33 Å². The second-order valence-corrected chi connectivity index (χ2v) is 4.25. The normalized spacial score (nSPS) is 12.0. The summed E-state index contributed by atoms with van der Waals surface area (Å²) in [6.07, 6.45) is 3.81. The molecule has 0 aliphatic rings. The fraction of sp³-hybridized carbons (Fsp3) is 0.818. The Kier molecular flexibility index (Phi) is 4.89. The molecule has 1 aromatic heterocycles. The third-order valence-corrected chi connectivity index (χ3v) is 3.09. The minimum Gasteiger partial charge on any atom is -0.396 e. The maximum atomic E-state index is 9.38. The van der Waals surface area contributed by atoms with Crippen molar-refractivity contribution < 1.29 is 10.2 Å². The number of aromatic nitrogens is 3. The number of hydrogen-bond acceptors (Lipinski definition) is 4. The van der Waals surface area contributed by atoms with Gasteiger partial charge in [0.25, 0.3) is 0 Å². The second-order valence-electron chi connectivity index (χ2n) is 4.25. The second kappa shape index (κ2) is 5.96. The minimum atomic E-state index is -0.474. The molecule has 2 N–H and O–H groups in total. The summed E-state index contributed by atoms with van der Waals surface area (Å²) >= 11 is 0. The zero-order valence-corrected chi connectivity index (χ0v) is 10.1. The molecule has 0 aliphatic carbocycles. The number of aliphatic hydroxyl groups excluding tert-OH is 2. The number of aryl methyl sites for hydroxylation is 1. The van der Waals surface area contributed by atoms with E-state index in [1.807, 2.05) is 11.6 Å². The van der Waals surface area contributed by atoms with Gasteiger partial charge in [0.05, 0.1) is 13.2 Å². The Hall–Kier alpha value is -0.940. The summed E-state index contributed by atoms with van der Waals surface area (Å²) in [5.74, 6) is 0.840. The van der Waals surface area contributed by atoms with Gasteiger partial charge in [0.15, 0.2) is 0 Å². The third kappa shape index (κ3) is 2.80. The van der Waals surface area contributed by atoms with E-state index in [1.165, 1.54) is 6.33 Å². The highest BCUT2D eigenvalue weighted by Gasteiger charge is 2.29. The average Bonchev–Trinajstić information content (AvgIpc) is 2.74. The highest BCUT2D eigenvalue weighted by molar-refractivity contribution is 4.93. The molecule has 5 heteroatoms. The summed E-state index contributed by atoms with van der Waals surface area (Å²) in [7, 11) is 0. The molecule has 0 atom stereocenters. The summed E-state index contributed by atoms with van der Waals surface area (Å²) < 4.78 is 1.84. The average molecular weight is 227 g/mol. The van der Waals surface area contributed by atoms with Crippen LogP contribution in [0.3, 0.4) is 0 Å². The van der Waals surface area contributed by atoms with Gasteiger partial charge in [0, 0.05) is 18.4 Å². The van der Waals surface area contributed by atoms with Crippen molar-refractivity contribution in [2.24, 2.45) is 5.41 Å². The monoisotopic (exact) mass is 227 g/mol. The molecule has 1 rings (SSSR count). The van der Waals surface area contributed by atoms with E-state index in [9.17, 15) is 10.2 Å². The fourth-order valence-electron chi connectivity index (χ4n) is 1.67. The van der Waals surface area contributed by atoms with Gasteiger partial charge in [-0.15, -0.1) is 0 Å². The third-order valence-electron chi connectivity index (χ3n) is 3.09. The molecule has 0 spiro atoms. The van der Waals surface area contributed by atoms with Gasteiger partial charge in [-0.1, -0.05) is 13.8 Å². The van der Waals surface area contributed by atoms with Crippen molar-refractivity contribution in [1.29, 1.82) is 0 Å². The molecule has 0 radical (unpaired) electrons. The van der Waals surface area contributed by atoms with Crippen molar-refractivity contribution in [2.45, 2.75) is 39.7 Å². The molecule has 0 amide bonds. The quantitative estimate of drug-likeness (QED) is 0.716. The van der Waals surface area contributed by atoms with Crippen molar-refractivity contribution in [3.8, 4) is 0 Å². The lowest BCUT2D eigenvalue weighted by atomic mass is 9.83. The van der Waals surface area contributed by atoms with Gasteiger partial charge in [-0.25, -0.2) is 4.98 Å². The minimum absolute atomic E-state index is 0.0288. The molecule has 0 saturated heterocycles. The smallest absolute Gasteiger partial charge is 0.138 e. The van der Waals surface area contributed by atoms with Gasteiger partial charge in [-0.3, -0.25) is 4.68 Å². The van der Waals surface area contributed by atoms with E-state index in [0.717, 1.165) is 25.2 Å². The molecule has 0 unspecified atom stereocenters. The predicted molar refractivity (Wildman–Crippen MR) is 60.9 cm³/mol. The van der Waals surface area contributed by atoms with E-state index >= 15 is 0 Å². The largest absolute Gasteiger partial charge is 0.396 e. The van der Waals surface area contributed by atoms with Crippen LogP contribution in [0.2, 0.25) is 0 Å². The molecule has 0 aliphatic heterocycles. The van der Waals surface area contributed by atoms with Crippen molar-refractivity contribution in [2.75, 3.05) is 13.2 Å². The first-order chi connectivity index (χ1) is 7.71. The molecule has 5 nitrogen and oxygen atoms in total. The van der Waals surface area contributed by atoms with E-state index in [1.54, 1.807) is 0 Å². The summed E-state index contributed by atoms with van der Waals surface area (Å²) in [6.45, 7) is 4.81. The van der Waals surface area contributed by atoms with E-state index in [4.69, 9.17) is 0 Å². The molecule has 0 saturated carbocycles. The first-order valence-electron chi connectivity index (χ1n) is 5.79. The Bertz CT molecular complexity index is 300. The van der Waals surface area contributed by atoms with E-state index < -0.39 is 5.41 Å². The Balaban J connectivity index is 2.80. The molecule has 92 valence electrons. The molecule has 0 bridgehead atoms. The standard InChI is InChI=1S/C11H21N3O2/c1-3-5-14-10(12-9-13-14)6-11(4-2,7-15)8-16/h9,15-16H,3-8H2,1-2H3. The lowest BCUT2D eigenvalue weighted by Crippen LogP contribution is -2.33. The molecular weight excluding hydrogens is 206 g/mol. The van der Waals surface area contributed by atoms with Crippen LogP contribution >= 0.6 is 0 Å². The van der Waals surface area contributed by atoms with Gasteiger partial charge in [-0.05, 0) is 12.8 Å². The summed E-state index contributed by atoms with van der Waals surface area (Å²) in [6, 6.07) is 0. The highest BCUT2D eigenvalue weighted by Crippen LogP contribution is 2.25. The molecule has 16 heavy (non-hydrogen) atoms. The molecule has 0 aromatic carbocycles. The predicted octanol–water partition coefficient (Wildman–Crippen LogP) is 0.612. The lowest BCUT2D eigenvalue weighted by molar-refractivity contribution is 0.0488. The van der Waals surface area contributed by atoms with Crippen LogP contribution in [0.4, 0.5) is 0 Å². The van der Waals surface area contributed by atoms with Crippen LogP contribution in [-0.2, 0) is 13.0 Å². The van der Waals surface area contributed by atoms with E-state index in [2.05, 4.69) is 17.0 Å². The van der Waals surface area contributed by atoms with Crippen LogP contribution in [-0.4, -0.2) is 38.2 Å². The summed E-state index contributed by atoms with van der Waals surface area (Å²) in [4.78, 5) is 4.19. The van der Waals surface area contributed by atoms with Crippen molar-refractivity contribution in [3.05, 3.63) is 12.2 Å². The zero-order valence-electron chi connectivity index (χ0n) is 10.1. The lowest BCUT2D eigenvalue weighted by Gasteiger charge is -2.27. The Morgan fingerprint density at radius 3 is 2.50 bits per heavy atom. The topological polar surface area (TPSA) is 71.2 Å². The van der Waals surface area contributed by atoms with Crippen LogP contribution in [0.5, 0.6) is 0 Å². The van der Waals surface area contributed by atoms with Crippen molar-refractivity contribution in [3.63, 3.8) is 0 Å². The van der Waals surface area contributed by atoms with Gasteiger partial charge >= 0.3 is 0 Å². The van der Waals surface area contributed by atoms with Crippen LogP contribution in [0.25, 0.3) is 0 Å². The molecule has 1 aromatic rings. The number of nitrogens with zero attached hydrogens (tertiary/aromatic N) is 3. The number of hydrogen-bond donors (Lipinski definition) is 2. The Labute approximate surface area is 96.1 Å². The van der Waals surface area contributed by atoms with Crippen LogP contribution in [0.1, 0.15) is 32.5 Å². The van der Waals surface area contributed by atoms with E-state index in [-0.39, 0.29) is 13.2 Å². The molecule has 0 fully saturated rings. The fourth-order valence-corrected chi connectivity index (χ4v) is 1.67. The van der Waals surface area contributed by atoms with Crippen molar-refractivity contribution in [1.82, 2.24) is 14.8 Å².